The Morgan fingerprint density at radius 1 is 1.26 bits per heavy atom. The molecule has 178 valence electrons. The van der Waals surface area contributed by atoms with Crippen molar-refractivity contribution >= 4 is 29.1 Å². The van der Waals surface area contributed by atoms with Gasteiger partial charge in [-0.2, -0.15) is 4.98 Å². The van der Waals surface area contributed by atoms with E-state index in [0.29, 0.717) is 29.0 Å². The third-order valence-corrected chi connectivity index (χ3v) is 6.06. The monoisotopic (exact) mass is 489 g/mol. The van der Waals surface area contributed by atoms with Crippen LogP contribution in [0.5, 0.6) is 5.75 Å². The van der Waals surface area contributed by atoms with Gasteiger partial charge in [-0.1, -0.05) is 23.7 Å². The number of anilines is 2. The zero-order chi connectivity index (χ0) is 24.4. The maximum absolute atomic E-state index is 12.9. The van der Waals surface area contributed by atoms with Gasteiger partial charge in [0.25, 0.3) is 5.91 Å². The summed E-state index contributed by atoms with van der Waals surface area (Å²) in [6.45, 7) is 2.36. The number of aromatic nitrogens is 3. The van der Waals surface area contributed by atoms with Crippen molar-refractivity contribution in [2.24, 2.45) is 0 Å². The molecule has 2 aromatic heterocycles. The molecule has 0 bridgehead atoms. The summed E-state index contributed by atoms with van der Waals surface area (Å²) in [5.74, 6) is 1.70. The van der Waals surface area contributed by atoms with Crippen LogP contribution in [0.15, 0.2) is 67.1 Å². The van der Waals surface area contributed by atoms with Crippen molar-refractivity contribution in [3.05, 3.63) is 94.4 Å². The molecule has 1 amide bonds. The number of nitrogens with one attached hydrogen (secondary N) is 2. The Morgan fingerprint density at radius 2 is 2.14 bits per heavy atom. The third kappa shape index (κ3) is 4.99. The van der Waals surface area contributed by atoms with E-state index in [9.17, 15) is 9.90 Å². The zero-order valence-electron chi connectivity index (χ0n) is 19.0. The Bertz CT molecular complexity index is 1390. The van der Waals surface area contributed by atoms with E-state index in [1.165, 1.54) is 0 Å². The van der Waals surface area contributed by atoms with Crippen molar-refractivity contribution in [1.29, 1.82) is 0 Å². The number of nitrogens with zero attached hydrogens (tertiary/aromatic N) is 3. The summed E-state index contributed by atoms with van der Waals surface area (Å²) < 4.78 is 7.34. The minimum absolute atomic E-state index is 0.248. The van der Waals surface area contributed by atoms with Crippen molar-refractivity contribution in [2.45, 2.75) is 19.4 Å². The highest BCUT2D eigenvalue weighted by molar-refractivity contribution is 6.30. The number of fused-ring (bicyclic) bond motifs is 1. The number of hydrogen-bond acceptors (Lipinski definition) is 6. The number of rotatable bonds is 7. The molecule has 9 heteroatoms. The lowest BCUT2D eigenvalue weighted by Crippen LogP contribution is -2.30. The molecular formula is C26H24ClN5O3. The molecule has 1 unspecified atom stereocenters. The first-order valence-corrected chi connectivity index (χ1v) is 11.6. The molecule has 3 N–H and O–H groups in total. The van der Waals surface area contributed by atoms with Crippen LogP contribution in [0.1, 0.15) is 33.1 Å². The second kappa shape index (κ2) is 9.77. The summed E-state index contributed by atoms with van der Waals surface area (Å²) >= 11 is 6.05. The average Bonchev–Trinajstić information content (AvgIpc) is 3.53. The molecule has 1 atom stereocenters. The maximum atomic E-state index is 12.9. The fraction of sp³-hybridized carbons (Fsp3) is 0.192. The number of halogens is 1. The van der Waals surface area contributed by atoms with Gasteiger partial charge in [-0.3, -0.25) is 4.79 Å². The fourth-order valence-electron chi connectivity index (χ4n) is 4.01. The molecule has 1 aliphatic heterocycles. The number of aliphatic hydroxyl groups excluding tert-OH is 1. The summed E-state index contributed by atoms with van der Waals surface area (Å²) in [4.78, 5) is 21.9. The minimum atomic E-state index is -0.571. The number of hydrogen-bond donors (Lipinski definition) is 3. The van der Waals surface area contributed by atoms with Crippen LogP contribution in [-0.4, -0.2) is 38.8 Å². The van der Waals surface area contributed by atoms with E-state index in [1.54, 1.807) is 47.4 Å². The Hall–Kier alpha value is -3.88. The summed E-state index contributed by atoms with van der Waals surface area (Å²) in [7, 11) is 0. The van der Waals surface area contributed by atoms with Gasteiger partial charge in [-0.15, -0.1) is 0 Å². The van der Waals surface area contributed by atoms with Gasteiger partial charge in [0.1, 0.15) is 11.6 Å². The van der Waals surface area contributed by atoms with Gasteiger partial charge < -0.3 is 25.0 Å². The normalized spacial score (nSPS) is 13.1. The molecule has 0 radical (unpaired) electrons. The molecule has 0 spiro atoms. The van der Waals surface area contributed by atoms with E-state index in [1.807, 2.05) is 31.2 Å². The van der Waals surface area contributed by atoms with Gasteiger partial charge in [0, 0.05) is 41.3 Å². The number of carbonyl (C=O) groups is 1. The molecule has 0 saturated carbocycles. The highest BCUT2D eigenvalue weighted by Crippen LogP contribution is 2.29. The molecule has 5 rings (SSSR count). The average molecular weight is 490 g/mol. The van der Waals surface area contributed by atoms with Gasteiger partial charge in [0.05, 0.1) is 24.8 Å². The van der Waals surface area contributed by atoms with E-state index in [4.69, 9.17) is 16.3 Å². The number of aliphatic hydroxyl groups is 1. The molecule has 0 fully saturated rings. The van der Waals surface area contributed by atoms with E-state index in [2.05, 4.69) is 20.6 Å². The van der Waals surface area contributed by atoms with Crippen molar-refractivity contribution in [3.63, 3.8) is 0 Å². The Balaban J connectivity index is 1.33. The summed E-state index contributed by atoms with van der Waals surface area (Å²) in [6.07, 6.45) is 6.09. The lowest BCUT2D eigenvalue weighted by Gasteiger charge is -2.16. The van der Waals surface area contributed by atoms with Gasteiger partial charge in [0.2, 0.25) is 5.95 Å². The van der Waals surface area contributed by atoms with Crippen molar-refractivity contribution < 1.29 is 14.6 Å². The molecular weight excluding hydrogens is 466 g/mol. The van der Waals surface area contributed by atoms with Crippen LogP contribution in [0.2, 0.25) is 5.02 Å². The number of ether oxygens (including phenoxy) is 1. The quantitative estimate of drug-likeness (QED) is 0.356. The summed E-state index contributed by atoms with van der Waals surface area (Å²) in [5, 5.41) is 16.4. The van der Waals surface area contributed by atoms with Crippen molar-refractivity contribution in [2.75, 3.05) is 18.5 Å². The van der Waals surface area contributed by atoms with Crippen LogP contribution in [0, 0.1) is 6.92 Å². The molecule has 8 nitrogen and oxygen atoms in total. The summed E-state index contributed by atoms with van der Waals surface area (Å²) in [5.41, 5.74) is 4.06. The van der Waals surface area contributed by atoms with Gasteiger partial charge >= 0.3 is 0 Å². The first-order valence-electron chi connectivity index (χ1n) is 11.2. The molecule has 0 saturated heterocycles. The number of aryl methyl sites for hydroxylation is 1. The largest absolute Gasteiger partial charge is 0.493 e. The number of carbonyl (C=O) groups excluding carboxylic acids is 1. The number of benzene rings is 2. The molecule has 1 aliphatic rings. The lowest BCUT2D eigenvalue weighted by atomic mass is 10.1. The lowest BCUT2D eigenvalue weighted by molar-refractivity contribution is 0.0916. The SMILES string of the molecule is Cc1cnc(Nc2ccc3c(c2)CCO3)nc1-n1ccc(C(=O)NC(CO)c2cccc(Cl)c2)c1. The van der Waals surface area contributed by atoms with Crippen LogP contribution in [0.25, 0.3) is 5.82 Å². The van der Waals surface area contributed by atoms with Crippen LogP contribution in [-0.2, 0) is 6.42 Å². The highest BCUT2D eigenvalue weighted by atomic mass is 35.5. The van der Waals surface area contributed by atoms with Gasteiger partial charge in [-0.25, -0.2) is 4.98 Å². The van der Waals surface area contributed by atoms with E-state index in [0.717, 1.165) is 34.5 Å². The minimum Gasteiger partial charge on any atom is -0.493 e. The topological polar surface area (TPSA) is 101 Å². The van der Waals surface area contributed by atoms with Gasteiger partial charge in [0.15, 0.2) is 0 Å². The number of amides is 1. The first-order chi connectivity index (χ1) is 17.0. The fourth-order valence-corrected chi connectivity index (χ4v) is 4.21. The summed E-state index contributed by atoms with van der Waals surface area (Å²) in [6, 6.07) is 14.1. The molecule has 35 heavy (non-hydrogen) atoms. The second-order valence-corrected chi connectivity index (χ2v) is 8.75. The van der Waals surface area contributed by atoms with Crippen molar-refractivity contribution in [3.8, 4) is 11.6 Å². The predicted molar refractivity (Wildman–Crippen MR) is 134 cm³/mol. The van der Waals surface area contributed by atoms with E-state index in [-0.39, 0.29) is 12.5 Å². The molecule has 3 heterocycles. The third-order valence-electron chi connectivity index (χ3n) is 5.83. The predicted octanol–water partition coefficient (Wildman–Crippen LogP) is 4.37. The van der Waals surface area contributed by atoms with Crippen LogP contribution in [0.3, 0.4) is 0 Å². The molecule has 0 aliphatic carbocycles. The van der Waals surface area contributed by atoms with Crippen LogP contribution < -0.4 is 15.4 Å². The first kappa shape index (κ1) is 22.9. The smallest absolute Gasteiger partial charge is 0.253 e. The molecule has 2 aromatic carbocycles. The Morgan fingerprint density at radius 3 is 2.97 bits per heavy atom. The van der Waals surface area contributed by atoms with Crippen molar-refractivity contribution in [1.82, 2.24) is 19.9 Å². The zero-order valence-corrected chi connectivity index (χ0v) is 19.8. The standard InChI is InChI=1S/C26H24ClN5O3/c1-16-13-28-26(29-21-5-6-23-18(12-21)8-10-35-23)31-24(16)32-9-7-19(14-32)25(34)30-22(15-33)17-3-2-4-20(27)11-17/h2-7,9,11-14,22,33H,8,10,15H2,1H3,(H,30,34)(H,28,29,31). The maximum Gasteiger partial charge on any atom is 0.253 e. The van der Waals surface area contributed by atoms with E-state index < -0.39 is 6.04 Å². The highest BCUT2D eigenvalue weighted by Gasteiger charge is 2.17. The molecule has 4 aromatic rings. The van der Waals surface area contributed by atoms with Crippen LogP contribution >= 0.6 is 11.6 Å². The Labute approximate surface area is 207 Å². The van der Waals surface area contributed by atoms with Gasteiger partial charge in [-0.05, 0) is 54.4 Å². The van der Waals surface area contributed by atoms with E-state index >= 15 is 0 Å². The van der Waals surface area contributed by atoms with Crippen LogP contribution in [0.4, 0.5) is 11.6 Å². The Kier molecular flexibility index (Phi) is 6.39. The second-order valence-electron chi connectivity index (χ2n) is 8.32.